The normalized spacial score (nSPS) is 39.3. The van der Waals surface area contributed by atoms with Gasteiger partial charge in [0.2, 0.25) is 0 Å². The van der Waals surface area contributed by atoms with Crippen LogP contribution in [0.4, 0.5) is 0 Å². The van der Waals surface area contributed by atoms with E-state index in [1.165, 1.54) is 6.92 Å². The average molecular weight is 479 g/mol. The summed E-state index contributed by atoms with van der Waals surface area (Å²) in [4.78, 5) is 14.7. The maximum Gasteiger partial charge on any atom is 0.303 e. The average Bonchev–Trinajstić information content (AvgIpc) is 3.27. The molecule has 3 aliphatic rings. The molecule has 0 saturated carbocycles. The molecular weight excluding hydrogens is 450 g/mol. The first-order valence-electron chi connectivity index (χ1n) is 11.2. The number of ether oxygens (including phenoxy) is 6. The van der Waals surface area contributed by atoms with Gasteiger partial charge in [-0.05, 0) is 11.1 Å². The number of aliphatic hydroxyl groups is 2. The fourth-order valence-corrected chi connectivity index (χ4v) is 4.55. The van der Waals surface area contributed by atoms with Crippen molar-refractivity contribution < 1.29 is 43.4 Å². The number of nitrogens with zero attached hydrogens (tertiary/aromatic N) is 3. The first kappa shape index (κ1) is 24.8. The van der Waals surface area contributed by atoms with Crippen molar-refractivity contribution in [2.45, 2.75) is 75.7 Å². The molecule has 12 heteroatoms. The molecule has 34 heavy (non-hydrogen) atoms. The summed E-state index contributed by atoms with van der Waals surface area (Å²) in [5.74, 6) is -1.05. The van der Waals surface area contributed by atoms with Crippen LogP contribution in [0.2, 0.25) is 0 Å². The highest BCUT2D eigenvalue weighted by Crippen LogP contribution is 2.37. The van der Waals surface area contributed by atoms with Crippen LogP contribution in [0.25, 0.3) is 10.4 Å². The third-order valence-electron chi connectivity index (χ3n) is 6.30. The Balaban J connectivity index is 1.58. The first-order valence-corrected chi connectivity index (χ1v) is 11.2. The van der Waals surface area contributed by atoms with Crippen LogP contribution in [0.15, 0.2) is 35.4 Å². The number of hydrogen-bond donors (Lipinski definition) is 2. The molecule has 3 heterocycles. The maximum absolute atomic E-state index is 11.8. The van der Waals surface area contributed by atoms with Gasteiger partial charge in [0.1, 0.15) is 36.6 Å². The largest absolute Gasteiger partial charge is 0.459 e. The molecule has 10 atom stereocenters. The SMILES string of the molecule is CC(=O)OC1[C@H](N=[N+]=[N-])C2OC[C@@H](O2)[C@H]1O[C@@H]1OC(CO)[C@@H](O)[C@H](C)C1OCc1ccccc1. The van der Waals surface area contributed by atoms with E-state index in [2.05, 4.69) is 10.0 Å². The Kier molecular flexibility index (Phi) is 8.02. The van der Waals surface area contributed by atoms with Gasteiger partial charge < -0.3 is 38.6 Å². The van der Waals surface area contributed by atoms with Gasteiger partial charge in [-0.3, -0.25) is 4.79 Å². The van der Waals surface area contributed by atoms with Crippen molar-refractivity contribution in [1.29, 1.82) is 0 Å². The Morgan fingerprint density at radius 3 is 2.68 bits per heavy atom. The van der Waals surface area contributed by atoms with Crippen molar-refractivity contribution >= 4 is 5.97 Å². The molecule has 3 aliphatic heterocycles. The lowest BCUT2D eigenvalue weighted by Crippen LogP contribution is -2.61. The molecule has 0 aliphatic carbocycles. The van der Waals surface area contributed by atoms with Crippen molar-refractivity contribution in [2.24, 2.45) is 11.0 Å². The number of aliphatic hydroxyl groups excluding tert-OH is 2. The van der Waals surface area contributed by atoms with Crippen LogP contribution < -0.4 is 0 Å². The van der Waals surface area contributed by atoms with Gasteiger partial charge in [0.15, 0.2) is 12.6 Å². The van der Waals surface area contributed by atoms with E-state index >= 15 is 0 Å². The summed E-state index contributed by atoms with van der Waals surface area (Å²) in [6, 6.07) is 8.51. The molecule has 3 fully saturated rings. The highest BCUT2D eigenvalue weighted by Gasteiger charge is 2.55. The second kappa shape index (κ2) is 11.0. The third-order valence-corrected chi connectivity index (χ3v) is 6.30. The number of azide groups is 1. The molecule has 4 unspecified atom stereocenters. The number of fused-ring (bicyclic) bond motifs is 2. The Morgan fingerprint density at radius 2 is 2.00 bits per heavy atom. The minimum absolute atomic E-state index is 0.133. The molecule has 2 bridgehead atoms. The molecule has 0 amide bonds. The van der Waals surface area contributed by atoms with Gasteiger partial charge in [-0.1, -0.05) is 42.4 Å². The topological polar surface area (TPSA) is 162 Å². The van der Waals surface area contributed by atoms with Crippen molar-refractivity contribution in [3.8, 4) is 0 Å². The number of rotatable bonds is 8. The Labute approximate surface area is 196 Å². The van der Waals surface area contributed by atoms with Crippen LogP contribution in [0.1, 0.15) is 19.4 Å². The monoisotopic (exact) mass is 479 g/mol. The molecule has 1 aromatic rings. The van der Waals surface area contributed by atoms with E-state index in [1.54, 1.807) is 6.92 Å². The molecule has 0 spiro atoms. The fraction of sp³-hybridized carbons (Fsp3) is 0.682. The van der Waals surface area contributed by atoms with Crippen LogP contribution in [-0.2, 0) is 39.8 Å². The number of benzene rings is 1. The highest BCUT2D eigenvalue weighted by atomic mass is 16.8. The van der Waals surface area contributed by atoms with Gasteiger partial charge in [0.25, 0.3) is 0 Å². The van der Waals surface area contributed by atoms with Crippen LogP contribution in [0.5, 0.6) is 0 Å². The second-order valence-electron chi connectivity index (χ2n) is 8.58. The quantitative estimate of drug-likeness (QED) is 0.240. The van der Waals surface area contributed by atoms with Gasteiger partial charge in [-0.2, -0.15) is 0 Å². The van der Waals surface area contributed by atoms with Gasteiger partial charge >= 0.3 is 5.97 Å². The van der Waals surface area contributed by atoms with Gasteiger partial charge in [0.05, 0.1) is 25.9 Å². The molecule has 0 radical (unpaired) electrons. The van der Waals surface area contributed by atoms with Crippen molar-refractivity contribution in [1.82, 2.24) is 0 Å². The zero-order valence-electron chi connectivity index (χ0n) is 18.9. The molecule has 4 rings (SSSR count). The standard InChI is InChI=1S/C22H29N3O9/c1-11-17(28)14(8-26)32-22(18(11)29-9-13-6-4-3-5-7-13)34-19-15-10-30-21(33-15)16(24-25-23)20(19)31-12(2)27/h3-7,11,14-22,26,28H,8-10H2,1-2H3/t11-,14?,15+,16-,17-,18?,19+,20?,21?,22-/m0/s1. The predicted octanol–water partition coefficient (Wildman–Crippen LogP) is 1.04. The molecule has 12 nitrogen and oxygen atoms in total. The smallest absolute Gasteiger partial charge is 0.303 e. The predicted molar refractivity (Wildman–Crippen MR) is 114 cm³/mol. The summed E-state index contributed by atoms with van der Waals surface area (Å²) < 4.78 is 35.1. The lowest BCUT2D eigenvalue weighted by Gasteiger charge is -2.46. The number of carbonyl (C=O) groups excluding carboxylic acids is 1. The molecular formula is C22H29N3O9. The number of esters is 1. The lowest BCUT2D eigenvalue weighted by atomic mass is 9.90. The zero-order chi connectivity index (χ0) is 24.2. The first-order chi connectivity index (χ1) is 16.4. The van der Waals surface area contributed by atoms with E-state index in [9.17, 15) is 15.0 Å². The highest BCUT2D eigenvalue weighted by molar-refractivity contribution is 5.66. The van der Waals surface area contributed by atoms with Crippen LogP contribution >= 0.6 is 0 Å². The molecule has 0 aromatic heterocycles. The molecule has 1 aromatic carbocycles. The number of hydrogen-bond acceptors (Lipinski definition) is 10. The van der Waals surface area contributed by atoms with Gasteiger partial charge in [-0.25, -0.2) is 0 Å². The summed E-state index contributed by atoms with van der Waals surface area (Å²) in [6.07, 6.45) is -7.06. The van der Waals surface area contributed by atoms with E-state index in [0.29, 0.717) is 0 Å². The Bertz CT molecular complexity index is 884. The van der Waals surface area contributed by atoms with Gasteiger partial charge in [-0.15, -0.1) is 0 Å². The summed E-state index contributed by atoms with van der Waals surface area (Å²) in [5.41, 5.74) is 9.94. The number of carbonyl (C=O) groups is 1. The van der Waals surface area contributed by atoms with Crippen molar-refractivity contribution in [2.75, 3.05) is 13.2 Å². The van der Waals surface area contributed by atoms with Crippen LogP contribution in [-0.4, -0.2) is 84.6 Å². The van der Waals surface area contributed by atoms with Gasteiger partial charge in [0, 0.05) is 17.8 Å². The van der Waals surface area contributed by atoms with E-state index in [0.717, 1.165) is 5.56 Å². The lowest BCUT2D eigenvalue weighted by molar-refractivity contribution is -0.330. The minimum Gasteiger partial charge on any atom is -0.459 e. The van der Waals surface area contributed by atoms with E-state index in [-0.39, 0.29) is 13.2 Å². The summed E-state index contributed by atoms with van der Waals surface area (Å²) in [5, 5.41) is 24.1. The third kappa shape index (κ3) is 5.19. The molecule has 186 valence electrons. The minimum atomic E-state index is -1.05. The second-order valence-corrected chi connectivity index (χ2v) is 8.58. The van der Waals surface area contributed by atoms with Crippen LogP contribution in [0.3, 0.4) is 0 Å². The molecule has 3 saturated heterocycles. The van der Waals surface area contributed by atoms with E-state index < -0.39 is 73.7 Å². The summed E-state index contributed by atoms with van der Waals surface area (Å²) in [7, 11) is 0. The fourth-order valence-electron chi connectivity index (χ4n) is 4.55. The Morgan fingerprint density at radius 1 is 1.24 bits per heavy atom. The molecule has 2 N–H and O–H groups in total. The van der Waals surface area contributed by atoms with Crippen LogP contribution in [0, 0.1) is 5.92 Å². The maximum atomic E-state index is 11.8. The summed E-state index contributed by atoms with van der Waals surface area (Å²) in [6.45, 7) is 2.96. The Hall–Kier alpha value is -2.28. The van der Waals surface area contributed by atoms with Crippen molar-refractivity contribution in [3.05, 3.63) is 46.3 Å². The summed E-state index contributed by atoms with van der Waals surface area (Å²) >= 11 is 0. The van der Waals surface area contributed by atoms with E-state index in [1.807, 2.05) is 30.3 Å². The zero-order valence-corrected chi connectivity index (χ0v) is 18.9. The van der Waals surface area contributed by atoms with Crippen molar-refractivity contribution in [3.63, 3.8) is 0 Å². The van der Waals surface area contributed by atoms with E-state index in [4.69, 9.17) is 34.0 Å².